The molecule has 25 heavy (non-hydrogen) atoms. The van der Waals surface area contributed by atoms with E-state index in [4.69, 9.17) is 11.6 Å². The molecular weight excluding hydrogens is 334 g/mol. The topological polar surface area (TPSA) is 54.0 Å². The molecule has 0 aliphatic heterocycles. The smallest absolute Gasteiger partial charge is 0.270 e. The lowest BCUT2D eigenvalue weighted by molar-refractivity contribution is 0.0946. The summed E-state index contributed by atoms with van der Waals surface area (Å²) < 4.78 is 0. The molecule has 0 aliphatic rings. The van der Waals surface area contributed by atoms with E-state index in [9.17, 15) is 4.79 Å². The van der Waals surface area contributed by atoms with Gasteiger partial charge in [-0.15, -0.1) is 0 Å². The quantitative estimate of drug-likeness (QED) is 0.699. The first-order chi connectivity index (χ1) is 12.1. The fourth-order valence-electron chi connectivity index (χ4n) is 2.43. The lowest BCUT2D eigenvalue weighted by atomic mass is 10.1. The highest BCUT2D eigenvalue weighted by Crippen LogP contribution is 2.19. The van der Waals surface area contributed by atoms with E-state index in [1.54, 1.807) is 24.4 Å². The second kappa shape index (κ2) is 7.81. The number of hydrogen-bond acceptors (Lipinski definition) is 3. The van der Waals surface area contributed by atoms with Gasteiger partial charge in [0.15, 0.2) is 0 Å². The van der Waals surface area contributed by atoms with Gasteiger partial charge in [0, 0.05) is 29.1 Å². The Morgan fingerprint density at radius 1 is 1.04 bits per heavy atom. The number of carbonyl (C=O) groups is 1. The van der Waals surface area contributed by atoms with Crippen LogP contribution >= 0.6 is 11.6 Å². The summed E-state index contributed by atoms with van der Waals surface area (Å²) in [6.07, 6.45) is 1.61. The zero-order valence-corrected chi connectivity index (χ0v) is 14.5. The molecule has 3 aromatic rings. The zero-order chi connectivity index (χ0) is 17.6. The van der Waals surface area contributed by atoms with Crippen LogP contribution in [0.5, 0.6) is 0 Å². The Bertz CT molecular complexity index is 878. The molecule has 0 spiro atoms. The minimum atomic E-state index is -0.207. The van der Waals surface area contributed by atoms with Crippen molar-refractivity contribution in [2.45, 2.75) is 13.5 Å². The van der Waals surface area contributed by atoms with Crippen LogP contribution < -0.4 is 10.6 Å². The molecule has 0 bridgehead atoms. The van der Waals surface area contributed by atoms with Crippen molar-refractivity contribution < 1.29 is 4.79 Å². The molecule has 0 saturated heterocycles. The number of hydrogen-bond donors (Lipinski definition) is 2. The molecule has 0 fully saturated rings. The maximum absolute atomic E-state index is 12.3. The van der Waals surface area contributed by atoms with Gasteiger partial charge in [0.25, 0.3) is 5.91 Å². The monoisotopic (exact) mass is 351 g/mol. The van der Waals surface area contributed by atoms with Crippen molar-refractivity contribution in [1.29, 1.82) is 0 Å². The average molecular weight is 352 g/mol. The first-order valence-electron chi connectivity index (χ1n) is 7.92. The van der Waals surface area contributed by atoms with Gasteiger partial charge in [-0.25, -0.2) is 0 Å². The average Bonchev–Trinajstić information content (AvgIpc) is 2.62. The Morgan fingerprint density at radius 3 is 2.60 bits per heavy atom. The van der Waals surface area contributed by atoms with E-state index >= 15 is 0 Å². The van der Waals surface area contributed by atoms with E-state index in [1.165, 1.54) is 5.56 Å². The van der Waals surface area contributed by atoms with Crippen LogP contribution in [0.1, 0.15) is 21.6 Å². The molecule has 4 nitrogen and oxygen atoms in total. The van der Waals surface area contributed by atoms with Crippen molar-refractivity contribution in [3.8, 4) is 0 Å². The molecule has 0 saturated carbocycles. The van der Waals surface area contributed by atoms with Crippen molar-refractivity contribution >= 4 is 28.9 Å². The van der Waals surface area contributed by atoms with Crippen LogP contribution in [0.4, 0.5) is 11.4 Å². The predicted molar refractivity (Wildman–Crippen MR) is 101 cm³/mol. The summed E-state index contributed by atoms with van der Waals surface area (Å²) in [4.78, 5) is 16.5. The third-order valence-corrected chi connectivity index (χ3v) is 3.91. The van der Waals surface area contributed by atoms with Gasteiger partial charge in [-0.2, -0.15) is 0 Å². The second-order valence-electron chi connectivity index (χ2n) is 5.73. The fourth-order valence-corrected chi connectivity index (χ4v) is 2.55. The summed E-state index contributed by atoms with van der Waals surface area (Å²) in [5.41, 5.74) is 4.27. The van der Waals surface area contributed by atoms with Gasteiger partial charge >= 0.3 is 0 Å². The fraction of sp³-hybridized carbons (Fsp3) is 0.100. The number of aromatic nitrogens is 1. The Hall–Kier alpha value is -2.85. The summed E-state index contributed by atoms with van der Waals surface area (Å²) in [7, 11) is 0. The van der Waals surface area contributed by atoms with E-state index in [2.05, 4.69) is 15.6 Å². The number of amides is 1. The van der Waals surface area contributed by atoms with E-state index in [1.807, 2.05) is 49.4 Å². The maximum Gasteiger partial charge on any atom is 0.270 e. The minimum Gasteiger partial charge on any atom is -0.355 e. The van der Waals surface area contributed by atoms with Crippen molar-refractivity contribution in [3.63, 3.8) is 0 Å². The van der Waals surface area contributed by atoms with Gasteiger partial charge < -0.3 is 10.6 Å². The van der Waals surface area contributed by atoms with Crippen LogP contribution in [-0.4, -0.2) is 10.9 Å². The maximum atomic E-state index is 12.3. The van der Waals surface area contributed by atoms with Crippen LogP contribution in [0.15, 0.2) is 66.9 Å². The summed E-state index contributed by atoms with van der Waals surface area (Å²) in [5, 5.41) is 6.80. The molecule has 0 atom stereocenters. The lowest BCUT2D eigenvalue weighted by Gasteiger charge is -2.09. The molecule has 2 N–H and O–H groups in total. The van der Waals surface area contributed by atoms with E-state index in [0.29, 0.717) is 17.3 Å². The number of halogens is 1. The van der Waals surface area contributed by atoms with Gasteiger partial charge in [0.2, 0.25) is 0 Å². The second-order valence-corrected chi connectivity index (χ2v) is 6.17. The van der Waals surface area contributed by atoms with Crippen molar-refractivity contribution in [2.24, 2.45) is 0 Å². The highest BCUT2D eigenvalue weighted by Gasteiger charge is 2.08. The minimum absolute atomic E-state index is 0.207. The molecule has 1 amide bonds. The number of carbonyl (C=O) groups excluding carboxylic acids is 1. The molecule has 1 aromatic heterocycles. The Labute approximate surface area is 151 Å². The predicted octanol–water partition coefficient (Wildman–Crippen LogP) is 4.72. The molecule has 1 heterocycles. The summed E-state index contributed by atoms with van der Waals surface area (Å²) >= 11 is 5.89. The number of nitrogens with one attached hydrogen (secondary N) is 2. The first kappa shape index (κ1) is 17.0. The van der Waals surface area contributed by atoms with Crippen LogP contribution in [0.25, 0.3) is 0 Å². The largest absolute Gasteiger partial charge is 0.355 e. The third kappa shape index (κ3) is 4.81. The number of aryl methyl sites for hydroxylation is 1. The molecule has 0 radical (unpaired) electrons. The van der Waals surface area contributed by atoms with Crippen LogP contribution in [0.2, 0.25) is 5.02 Å². The van der Waals surface area contributed by atoms with E-state index in [0.717, 1.165) is 16.9 Å². The Morgan fingerprint density at radius 2 is 1.84 bits per heavy atom. The van der Waals surface area contributed by atoms with Crippen LogP contribution in [-0.2, 0) is 6.54 Å². The van der Waals surface area contributed by atoms with Gasteiger partial charge in [-0.1, -0.05) is 41.4 Å². The van der Waals surface area contributed by atoms with E-state index < -0.39 is 0 Å². The lowest BCUT2D eigenvalue weighted by Crippen LogP contribution is -2.23. The van der Waals surface area contributed by atoms with Gasteiger partial charge in [0.1, 0.15) is 5.69 Å². The van der Waals surface area contributed by atoms with E-state index in [-0.39, 0.29) is 5.91 Å². The first-order valence-corrected chi connectivity index (χ1v) is 8.30. The summed E-state index contributed by atoms with van der Waals surface area (Å²) in [5.74, 6) is -0.207. The number of anilines is 2. The summed E-state index contributed by atoms with van der Waals surface area (Å²) in [6, 6.07) is 18.9. The zero-order valence-electron chi connectivity index (χ0n) is 13.8. The van der Waals surface area contributed by atoms with Gasteiger partial charge in [0.05, 0.1) is 0 Å². The number of benzene rings is 2. The van der Waals surface area contributed by atoms with Crippen LogP contribution in [0.3, 0.4) is 0 Å². The van der Waals surface area contributed by atoms with Crippen molar-refractivity contribution in [3.05, 3.63) is 88.7 Å². The van der Waals surface area contributed by atoms with Gasteiger partial charge in [-0.05, 0) is 48.9 Å². The highest BCUT2D eigenvalue weighted by atomic mass is 35.5. The molecule has 5 heteroatoms. The van der Waals surface area contributed by atoms with Crippen molar-refractivity contribution in [2.75, 3.05) is 5.32 Å². The molecule has 0 unspecified atom stereocenters. The SMILES string of the molecule is Cc1cccc(CNC(=O)c2cc(Nc3ccc(Cl)cc3)ccn2)c1. The molecule has 2 aromatic carbocycles. The van der Waals surface area contributed by atoms with Gasteiger partial charge in [-0.3, -0.25) is 9.78 Å². The molecule has 3 rings (SSSR count). The highest BCUT2D eigenvalue weighted by molar-refractivity contribution is 6.30. The van der Waals surface area contributed by atoms with Crippen LogP contribution in [0, 0.1) is 6.92 Å². The number of pyridine rings is 1. The number of nitrogens with zero attached hydrogens (tertiary/aromatic N) is 1. The van der Waals surface area contributed by atoms with Crippen molar-refractivity contribution in [1.82, 2.24) is 10.3 Å². The normalized spacial score (nSPS) is 10.3. The number of rotatable bonds is 5. The molecule has 126 valence electrons. The molecular formula is C20H18ClN3O. The molecule has 0 aliphatic carbocycles. The third-order valence-electron chi connectivity index (χ3n) is 3.66. The Kier molecular flexibility index (Phi) is 5.31. The summed E-state index contributed by atoms with van der Waals surface area (Å²) in [6.45, 7) is 2.50. The Balaban J connectivity index is 1.65. The standard InChI is InChI=1S/C20H18ClN3O/c1-14-3-2-4-15(11-14)13-23-20(25)19-12-18(9-10-22-19)24-17-7-5-16(21)6-8-17/h2-12H,13H2,1H3,(H,22,24)(H,23,25).